The van der Waals surface area contributed by atoms with E-state index in [9.17, 15) is 4.79 Å². The Kier molecular flexibility index (Phi) is 4.77. The molecule has 0 saturated heterocycles. The molecule has 0 unspecified atom stereocenters. The highest BCUT2D eigenvalue weighted by Gasteiger charge is 2.05. The van der Waals surface area contributed by atoms with Gasteiger partial charge in [-0.25, -0.2) is 4.98 Å². The average Bonchev–Trinajstić information content (AvgIpc) is 2.24. The molecular weight excluding hydrogens is 190 g/mol. The Labute approximate surface area is 90.1 Å². The standard InChI is InChI=1S/C11H17N3O/c1-9-5-3-6-10(14-9)11(15)13-8-4-7-12-2/h3,5-6,12H,4,7-8H2,1-2H3,(H,13,15). The maximum Gasteiger partial charge on any atom is 0.269 e. The van der Waals surface area contributed by atoms with Gasteiger partial charge in [-0.3, -0.25) is 4.79 Å². The third kappa shape index (κ3) is 4.08. The van der Waals surface area contributed by atoms with E-state index in [4.69, 9.17) is 0 Å². The predicted octanol–water partition coefficient (Wildman–Crippen LogP) is 0.729. The molecule has 0 aliphatic heterocycles. The molecule has 1 rings (SSSR count). The molecule has 4 heteroatoms. The maximum absolute atomic E-state index is 11.6. The van der Waals surface area contributed by atoms with Gasteiger partial charge in [0.25, 0.3) is 5.91 Å². The third-order valence-corrected chi connectivity index (χ3v) is 2.01. The van der Waals surface area contributed by atoms with Crippen LogP contribution in [-0.2, 0) is 0 Å². The van der Waals surface area contributed by atoms with Crippen molar-refractivity contribution < 1.29 is 4.79 Å². The fourth-order valence-electron chi connectivity index (χ4n) is 1.23. The number of nitrogens with zero attached hydrogens (tertiary/aromatic N) is 1. The van der Waals surface area contributed by atoms with Gasteiger partial charge in [0, 0.05) is 12.2 Å². The first-order chi connectivity index (χ1) is 7.24. The third-order valence-electron chi connectivity index (χ3n) is 2.01. The van der Waals surface area contributed by atoms with E-state index >= 15 is 0 Å². The molecule has 0 aliphatic carbocycles. The summed E-state index contributed by atoms with van der Waals surface area (Å²) in [6.45, 7) is 3.45. The van der Waals surface area contributed by atoms with Gasteiger partial charge in [0.05, 0.1) is 0 Å². The van der Waals surface area contributed by atoms with Crippen LogP contribution in [0.5, 0.6) is 0 Å². The van der Waals surface area contributed by atoms with Crippen molar-refractivity contribution in [2.24, 2.45) is 0 Å². The van der Waals surface area contributed by atoms with E-state index in [1.54, 1.807) is 6.07 Å². The molecule has 1 aromatic heterocycles. The molecule has 0 aliphatic rings. The van der Waals surface area contributed by atoms with E-state index in [0.29, 0.717) is 12.2 Å². The summed E-state index contributed by atoms with van der Waals surface area (Å²) in [6.07, 6.45) is 0.925. The minimum Gasteiger partial charge on any atom is -0.351 e. The first-order valence-electron chi connectivity index (χ1n) is 5.10. The average molecular weight is 207 g/mol. The van der Waals surface area contributed by atoms with Crippen molar-refractivity contribution in [2.75, 3.05) is 20.1 Å². The monoisotopic (exact) mass is 207 g/mol. The number of pyridine rings is 1. The summed E-state index contributed by atoms with van der Waals surface area (Å²) in [5, 5.41) is 5.84. The summed E-state index contributed by atoms with van der Waals surface area (Å²) in [7, 11) is 1.89. The van der Waals surface area contributed by atoms with Crippen LogP contribution in [0, 0.1) is 6.92 Å². The van der Waals surface area contributed by atoms with E-state index in [0.717, 1.165) is 18.7 Å². The van der Waals surface area contributed by atoms with Crippen molar-refractivity contribution in [1.82, 2.24) is 15.6 Å². The van der Waals surface area contributed by atoms with Crippen molar-refractivity contribution in [3.05, 3.63) is 29.6 Å². The van der Waals surface area contributed by atoms with E-state index in [1.165, 1.54) is 0 Å². The second kappa shape index (κ2) is 6.14. The lowest BCUT2D eigenvalue weighted by Crippen LogP contribution is -2.27. The number of amides is 1. The van der Waals surface area contributed by atoms with Crippen LogP contribution in [0.4, 0.5) is 0 Å². The summed E-state index contributed by atoms with van der Waals surface area (Å²) in [4.78, 5) is 15.7. The van der Waals surface area contributed by atoms with Crippen LogP contribution in [-0.4, -0.2) is 31.0 Å². The van der Waals surface area contributed by atoms with E-state index in [2.05, 4.69) is 15.6 Å². The summed E-state index contributed by atoms with van der Waals surface area (Å²) in [5.41, 5.74) is 1.34. The molecule has 0 fully saturated rings. The van der Waals surface area contributed by atoms with Gasteiger partial charge in [0.2, 0.25) is 0 Å². The SMILES string of the molecule is CNCCCNC(=O)c1cccc(C)n1. The van der Waals surface area contributed by atoms with Crippen LogP contribution in [0.25, 0.3) is 0 Å². The number of nitrogens with one attached hydrogen (secondary N) is 2. The molecule has 15 heavy (non-hydrogen) atoms. The lowest BCUT2D eigenvalue weighted by Gasteiger charge is -2.04. The van der Waals surface area contributed by atoms with E-state index in [-0.39, 0.29) is 5.91 Å². The van der Waals surface area contributed by atoms with Gasteiger partial charge < -0.3 is 10.6 Å². The molecule has 0 bridgehead atoms. The second-order valence-corrected chi connectivity index (χ2v) is 3.38. The van der Waals surface area contributed by atoms with E-state index < -0.39 is 0 Å². The van der Waals surface area contributed by atoms with E-state index in [1.807, 2.05) is 26.1 Å². The van der Waals surface area contributed by atoms with Crippen LogP contribution in [0.3, 0.4) is 0 Å². The van der Waals surface area contributed by atoms with Crippen molar-refractivity contribution in [2.45, 2.75) is 13.3 Å². The molecule has 2 N–H and O–H groups in total. The fraction of sp³-hybridized carbons (Fsp3) is 0.455. The second-order valence-electron chi connectivity index (χ2n) is 3.38. The normalized spacial score (nSPS) is 10.0. The number of aromatic nitrogens is 1. The van der Waals surface area contributed by atoms with Gasteiger partial charge in [-0.15, -0.1) is 0 Å². The van der Waals surface area contributed by atoms with Crippen LogP contribution in [0.15, 0.2) is 18.2 Å². The maximum atomic E-state index is 11.6. The summed E-state index contributed by atoms with van der Waals surface area (Å²) >= 11 is 0. The number of carbonyl (C=O) groups is 1. The van der Waals surface area contributed by atoms with Crippen LogP contribution in [0.1, 0.15) is 22.6 Å². The zero-order valence-corrected chi connectivity index (χ0v) is 9.21. The largest absolute Gasteiger partial charge is 0.351 e. The Morgan fingerprint density at radius 3 is 2.87 bits per heavy atom. The molecular formula is C11H17N3O. The topological polar surface area (TPSA) is 54.0 Å². The molecule has 1 heterocycles. The predicted molar refractivity (Wildman–Crippen MR) is 59.9 cm³/mol. The zero-order chi connectivity index (χ0) is 11.1. The summed E-state index contributed by atoms with van der Waals surface area (Å²) in [6, 6.07) is 5.43. The number of hydrogen-bond donors (Lipinski definition) is 2. The molecule has 0 saturated carbocycles. The Bertz CT molecular complexity index is 325. The highest BCUT2D eigenvalue weighted by atomic mass is 16.1. The molecule has 0 radical (unpaired) electrons. The minimum absolute atomic E-state index is 0.102. The van der Waals surface area contributed by atoms with Gasteiger partial charge in [-0.1, -0.05) is 6.07 Å². The first-order valence-corrected chi connectivity index (χ1v) is 5.10. The highest BCUT2D eigenvalue weighted by molar-refractivity contribution is 5.92. The zero-order valence-electron chi connectivity index (χ0n) is 9.21. The van der Waals surface area contributed by atoms with Gasteiger partial charge in [-0.05, 0) is 39.1 Å². The molecule has 1 amide bonds. The summed E-state index contributed by atoms with van der Waals surface area (Å²) < 4.78 is 0. The number of hydrogen-bond acceptors (Lipinski definition) is 3. The smallest absolute Gasteiger partial charge is 0.269 e. The molecule has 0 spiro atoms. The minimum atomic E-state index is -0.102. The molecule has 82 valence electrons. The van der Waals surface area contributed by atoms with Gasteiger partial charge in [0.1, 0.15) is 5.69 Å². The number of rotatable bonds is 5. The van der Waals surface area contributed by atoms with Gasteiger partial charge in [0.15, 0.2) is 0 Å². The highest BCUT2D eigenvalue weighted by Crippen LogP contribution is 1.97. The Hall–Kier alpha value is -1.42. The Morgan fingerprint density at radius 2 is 2.20 bits per heavy atom. The molecule has 4 nitrogen and oxygen atoms in total. The van der Waals surface area contributed by atoms with Crippen molar-refractivity contribution in [3.8, 4) is 0 Å². The number of aryl methyl sites for hydroxylation is 1. The van der Waals surface area contributed by atoms with Crippen LogP contribution in [0.2, 0.25) is 0 Å². The Morgan fingerprint density at radius 1 is 1.40 bits per heavy atom. The molecule has 1 aromatic rings. The lowest BCUT2D eigenvalue weighted by atomic mass is 10.3. The van der Waals surface area contributed by atoms with Crippen LogP contribution < -0.4 is 10.6 Å². The lowest BCUT2D eigenvalue weighted by molar-refractivity contribution is 0.0948. The van der Waals surface area contributed by atoms with Crippen molar-refractivity contribution in [1.29, 1.82) is 0 Å². The van der Waals surface area contributed by atoms with Crippen molar-refractivity contribution >= 4 is 5.91 Å². The molecule has 0 aromatic carbocycles. The molecule has 0 atom stereocenters. The van der Waals surface area contributed by atoms with Crippen LogP contribution >= 0.6 is 0 Å². The first kappa shape index (κ1) is 11.7. The number of carbonyl (C=O) groups excluding carboxylic acids is 1. The quantitative estimate of drug-likeness (QED) is 0.700. The van der Waals surface area contributed by atoms with Gasteiger partial charge in [-0.2, -0.15) is 0 Å². The Balaban J connectivity index is 2.40. The summed E-state index contributed by atoms with van der Waals surface area (Å²) in [5.74, 6) is -0.102. The van der Waals surface area contributed by atoms with Gasteiger partial charge >= 0.3 is 0 Å². The van der Waals surface area contributed by atoms with Crippen molar-refractivity contribution in [3.63, 3.8) is 0 Å². The fourth-order valence-corrected chi connectivity index (χ4v) is 1.23.